The number of hydrogen-bond donors (Lipinski definition) is 2. The van der Waals surface area contributed by atoms with Gasteiger partial charge < -0.3 is 9.84 Å². The van der Waals surface area contributed by atoms with Gasteiger partial charge in [0.25, 0.3) is 0 Å². The third-order valence-corrected chi connectivity index (χ3v) is 3.96. The number of aromatic amines is 1. The van der Waals surface area contributed by atoms with E-state index in [0.29, 0.717) is 31.9 Å². The number of carboxylic acid groups (broad SMARTS) is 1. The number of aromatic nitrogens is 6. The van der Waals surface area contributed by atoms with Gasteiger partial charge in [-0.15, -0.1) is 5.10 Å². The number of carboxylic acids is 1. The monoisotopic (exact) mass is 292 g/mol. The fraction of sp³-hybridized carbons (Fsp3) is 0.583. The molecule has 0 amide bonds. The van der Waals surface area contributed by atoms with Crippen molar-refractivity contribution in [3.8, 4) is 11.4 Å². The molecule has 1 aliphatic rings. The van der Waals surface area contributed by atoms with Crippen molar-refractivity contribution in [2.75, 3.05) is 13.2 Å². The molecule has 9 heteroatoms. The number of rotatable bonds is 4. The van der Waals surface area contributed by atoms with Gasteiger partial charge in [-0.25, -0.2) is 4.68 Å². The molecular formula is C12H16N6O3. The van der Waals surface area contributed by atoms with Crippen LogP contribution < -0.4 is 0 Å². The number of carbonyl (C=O) groups is 1. The van der Waals surface area contributed by atoms with E-state index in [1.54, 1.807) is 6.20 Å². The molecule has 2 N–H and O–H groups in total. The van der Waals surface area contributed by atoms with E-state index in [1.807, 2.05) is 6.92 Å². The zero-order valence-corrected chi connectivity index (χ0v) is 11.6. The van der Waals surface area contributed by atoms with Crippen LogP contribution in [0.2, 0.25) is 0 Å². The van der Waals surface area contributed by atoms with Gasteiger partial charge in [0.1, 0.15) is 0 Å². The van der Waals surface area contributed by atoms with Crippen LogP contribution in [0, 0.1) is 12.3 Å². The lowest BCUT2D eigenvalue weighted by Gasteiger charge is -2.32. The Kier molecular flexibility index (Phi) is 3.42. The Morgan fingerprint density at radius 1 is 1.52 bits per heavy atom. The lowest BCUT2D eigenvalue weighted by atomic mass is 9.80. The van der Waals surface area contributed by atoms with Crippen LogP contribution in [0.3, 0.4) is 0 Å². The molecule has 0 saturated carbocycles. The first kappa shape index (κ1) is 13.7. The Morgan fingerprint density at radius 2 is 2.29 bits per heavy atom. The first-order valence-electron chi connectivity index (χ1n) is 6.70. The van der Waals surface area contributed by atoms with Gasteiger partial charge in [-0.1, -0.05) is 0 Å². The topological polar surface area (TPSA) is 119 Å². The van der Waals surface area contributed by atoms with Crippen molar-refractivity contribution < 1.29 is 14.6 Å². The normalized spacial score (nSPS) is 17.8. The summed E-state index contributed by atoms with van der Waals surface area (Å²) in [5, 5.41) is 28.0. The van der Waals surface area contributed by atoms with Crippen LogP contribution in [0.5, 0.6) is 0 Å². The molecule has 0 spiro atoms. The fourth-order valence-electron chi connectivity index (χ4n) is 2.57. The summed E-state index contributed by atoms with van der Waals surface area (Å²) in [5.74, 6) is -0.315. The van der Waals surface area contributed by atoms with Gasteiger partial charge in [0.05, 0.1) is 23.7 Å². The summed E-state index contributed by atoms with van der Waals surface area (Å²) in [6.45, 7) is 2.96. The van der Waals surface area contributed by atoms with Gasteiger partial charge in [0, 0.05) is 18.9 Å². The van der Waals surface area contributed by atoms with E-state index in [2.05, 4.69) is 25.7 Å². The summed E-state index contributed by atoms with van der Waals surface area (Å²) >= 11 is 0. The highest BCUT2D eigenvalue weighted by Crippen LogP contribution is 2.33. The van der Waals surface area contributed by atoms with Gasteiger partial charge >= 0.3 is 5.97 Å². The number of aliphatic carboxylic acids is 1. The summed E-state index contributed by atoms with van der Waals surface area (Å²) in [6.07, 6.45) is 2.53. The molecule has 0 radical (unpaired) electrons. The highest BCUT2D eigenvalue weighted by molar-refractivity contribution is 5.74. The molecule has 2 aromatic heterocycles. The number of hydrogen-bond acceptors (Lipinski definition) is 6. The van der Waals surface area contributed by atoms with E-state index in [-0.39, 0.29) is 6.54 Å². The molecule has 0 aliphatic carbocycles. The summed E-state index contributed by atoms with van der Waals surface area (Å²) in [5.41, 5.74) is 0.718. The third kappa shape index (κ3) is 2.40. The molecule has 3 rings (SSSR count). The SMILES string of the molecule is Cc1[nH]ncc1-c1nnnn1CC1(C(=O)O)CCOCC1. The Bertz CT molecular complexity index is 643. The molecule has 9 nitrogen and oxygen atoms in total. The number of H-pyrrole nitrogens is 1. The van der Waals surface area contributed by atoms with Gasteiger partial charge in [-0.2, -0.15) is 5.10 Å². The average molecular weight is 292 g/mol. The maximum absolute atomic E-state index is 11.7. The van der Waals surface area contributed by atoms with E-state index in [1.165, 1.54) is 4.68 Å². The van der Waals surface area contributed by atoms with Crippen molar-refractivity contribution in [2.24, 2.45) is 5.41 Å². The van der Waals surface area contributed by atoms with E-state index in [4.69, 9.17) is 4.74 Å². The quantitative estimate of drug-likeness (QED) is 0.829. The lowest BCUT2D eigenvalue weighted by Crippen LogP contribution is -2.41. The van der Waals surface area contributed by atoms with Crippen LogP contribution in [0.25, 0.3) is 11.4 Å². The van der Waals surface area contributed by atoms with Crippen molar-refractivity contribution >= 4 is 5.97 Å². The van der Waals surface area contributed by atoms with Gasteiger partial charge in [-0.3, -0.25) is 9.89 Å². The molecule has 0 bridgehead atoms. The molecule has 0 unspecified atom stereocenters. The van der Waals surface area contributed by atoms with E-state index >= 15 is 0 Å². The molecule has 1 aliphatic heterocycles. The van der Waals surface area contributed by atoms with Crippen LogP contribution >= 0.6 is 0 Å². The van der Waals surface area contributed by atoms with E-state index in [9.17, 15) is 9.90 Å². The van der Waals surface area contributed by atoms with Crippen molar-refractivity contribution in [2.45, 2.75) is 26.3 Å². The standard InChI is InChI=1S/C12H16N6O3/c1-8-9(6-13-14-8)10-15-16-17-18(10)7-12(11(19)20)2-4-21-5-3-12/h6H,2-5,7H2,1H3,(H,13,14)(H,19,20). The Morgan fingerprint density at radius 3 is 2.90 bits per heavy atom. The molecule has 0 atom stereocenters. The fourth-order valence-corrected chi connectivity index (χ4v) is 2.57. The van der Waals surface area contributed by atoms with Crippen molar-refractivity contribution in [1.82, 2.24) is 30.4 Å². The number of nitrogens with one attached hydrogen (secondary N) is 1. The Hall–Kier alpha value is -2.29. The van der Waals surface area contributed by atoms with Crippen LogP contribution in [0.15, 0.2) is 6.20 Å². The molecule has 3 heterocycles. The van der Waals surface area contributed by atoms with Crippen LogP contribution in [0.1, 0.15) is 18.5 Å². The second kappa shape index (κ2) is 5.24. The largest absolute Gasteiger partial charge is 0.481 e. The predicted molar refractivity (Wildman–Crippen MR) is 70.3 cm³/mol. The van der Waals surface area contributed by atoms with Crippen molar-refractivity contribution in [3.63, 3.8) is 0 Å². The highest BCUT2D eigenvalue weighted by Gasteiger charge is 2.41. The summed E-state index contributed by atoms with van der Waals surface area (Å²) in [6, 6.07) is 0. The highest BCUT2D eigenvalue weighted by atomic mass is 16.5. The Labute approximate surface area is 120 Å². The third-order valence-electron chi connectivity index (χ3n) is 3.96. The maximum atomic E-state index is 11.7. The number of aryl methyl sites for hydroxylation is 1. The minimum atomic E-state index is -0.889. The molecule has 0 aromatic carbocycles. The van der Waals surface area contributed by atoms with E-state index < -0.39 is 11.4 Å². The minimum Gasteiger partial charge on any atom is -0.481 e. The van der Waals surface area contributed by atoms with Crippen LogP contribution in [0.4, 0.5) is 0 Å². The maximum Gasteiger partial charge on any atom is 0.311 e. The molecule has 112 valence electrons. The van der Waals surface area contributed by atoms with Crippen LogP contribution in [-0.2, 0) is 16.1 Å². The summed E-state index contributed by atoms with van der Waals surface area (Å²) in [4.78, 5) is 11.7. The smallest absolute Gasteiger partial charge is 0.311 e. The van der Waals surface area contributed by atoms with Gasteiger partial charge in [0.15, 0.2) is 5.82 Å². The number of nitrogens with zero attached hydrogens (tertiary/aromatic N) is 5. The summed E-state index contributed by atoms with van der Waals surface area (Å²) < 4.78 is 6.82. The second-order valence-electron chi connectivity index (χ2n) is 5.27. The molecular weight excluding hydrogens is 276 g/mol. The van der Waals surface area contributed by atoms with Gasteiger partial charge in [-0.05, 0) is 30.2 Å². The zero-order valence-electron chi connectivity index (χ0n) is 11.6. The van der Waals surface area contributed by atoms with Crippen LogP contribution in [-0.4, -0.2) is 54.7 Å². The number of ether oxygens (including phenoxy) is 1. The minimum absolute atomic E-state index is 0.221. The zero-order chi connectivity index (χ0) is 14.9. The van der Waals surface area contributed by atoms with Gasteiger partial charge in [0.2, 0.25) is 0 Å². The summed E-state index contributed by atoms with van der Waals surface area (Å²) in [7, 11) is 0. The average Bonchev–Trinajstić information content (AvgIpc) is 3.08. The number of tetrazole rings is 1. The molecule has 2 aromatic rings. The molecule has 1 saturated heterocycles. The van der Waals surface area contributed by atoms with E-state index in [0.717, 1.165) is 11.3 Å². The second-order valence-corrected chi connectivity index (χ2v) is 5.27. The first-order valence-corrected chi connectivity index (χ1v) is 6.70. The molecule has 1 fully saturated rings. The van der Waals surface area contributed by atoms with Crippen molar-refractivity contribution in [1.29, 1.82) is 0 Å². The lowest BCUT2D eigenvalue weighted by molar-refractivity contribution is -0.156. The first-order chi connectivity index (χ1) is 10.1. The Balaban J connectivity index is 1.93. The predicted octanol–water partition coefficient (Wildman–Crippen LogP) is 0.253. The molecule has 21 heavy (non-hydrogen) atoms. The van der Waals surface area contributed by atoms with Crippen molar-refractivity contribution in [3.05, 3.63) is 11.9 Å².